The van der Waals surface area contributed by atoms with Crippen LogP contribution in [-0.4, -0.2) is 19.1 Å². The summed E-state index contributed by atoms with van der Waals surface area (Å²) in [5.41, 5.74) is 10.2. The summed E-state index contributed by atoms with van der Waals surface area (Å²) >= 11 is 0. The van der Waals surface area contributed by atoms with E-state index in [4.69, 9.17) is 5.73 Å². The predicted octanol–water partition coefficient (Wildman–Crippen LogP) is 1.90. The van der Waals surface area contributed by atoms with E-state index in [1.54, 1.807) is 11.1 Å². The van der Waals surface area contributed by atoms with Crippen LogP contribution in [0.3, 0.4) is 0 Å². The Morgan fingerprint density at radius 3 is 2.93 bits per heavy atom. The van der Waals surface area contributed by atoms with Crippen LogP contribution in [-0.2, 0) is 0 Å². The standard InChI is InChI=1S/C13H20N2/c1-10-6-7-11-4-2-3-5-12(11)13(10)15-9-8-14/h2-3,6,13,15H,4-5,7-9,14H2,1H3. The van der Waals surface area contributed by atoms with Gasteiger partial charge < -0.3 is 11.1 Å². The Morgan fingerprint density at radius 1 is 1.33 bits per heavy atom. The van der Waals surface area contributed by atoms with Crippen molar-refractivity contribution < 1.29 is 0 Å². The molecule has 0 amide bonds. The molecule has 0 fully saturated rings. The highest BCUT2D eigenvalue weighted by Crippen LogP contribution is 2.32. The average molecular weight is 204 g/mol. The smallest absolute Gasteiger partial charge is 0.0499 e. The zero-order valence-corrected chi connectivity index (χ0v) is 9.42. The van der Waals surface area contributed by atoms with Crippen molar-refractivity contribution in [3.05, 3.63) is 34.9 Å². The third-order valence-corrected chi connectivity index (χ3v) is 3.29. The maximum Gasteiger partial charge on any atom is 0.0499 e. The van der Waals surface area contributed by atoms with Crippen molar-refractivity contribution >= 4 is 0 Å². The molecule has 0 aromatic carbocycles. The van der Waals surface area contributed by atoms with Crippen LogP contribution in [0.4, 0.5) is 0 Å². The van der Waals surface area contributed by atoms with Crippen LogP contribution >= 0.6 is 0 Å². The molecule has 0 aliphatic heterocycles. The number of hydrogen-bond donors (Lipinski definition) is 2. The normalized spacial score (nSPS) is 25.2. The summed E-state index contributed by atoms with van der Waals surface area (Å²) in [7, 11) is 0. The van der Waals surface area contributed by atoms with Gasteiger partial charge in [0.25, 0.3) is 0 Å². The molecule has 0 spiro atoms. The number of allylic oxidation sites excluding steroid dienone is 4. The minimum absolute atomic E-state index is 0.447. The van der Waals surface area contributed by atoms with Crippen molar-refractivity contribution in [2.75, 3.05) is 13.1 Å². The molecule has 1 atom stereocenters. The van der Waals surface area contributed by atoms with E-state index in [9.17, 15) is 0 Å². The van der Waals surface area contributed by atoms with E-state index in [1.807, 2.05) is 0 Å². The van der Waals surface area contributed by atoms with Gasteiger partial charge in [0.15, 0.2) is 0 Å². The molecule has 3 N–H and O–H groups in total. The van der Waals surface area contributed by atoms with Gasteiger partial charge in [-0.05, 0) is 31.8 Å². The topological polar surface area (TPSA) is 38.0 Å². The van der Waals surface area contributed by atoms with Crippen LogP contribution in [0.5, 0.6) is 0 Å². The molecule has 2 heteroatoms. The van der Waals surface area contributed by atoms with Gasteiger partial charge in [-0.1, -0.05) is 29.4 Å². The van der Waals surface area contributed by atoms with Crippen LogP contribution < -0.4 is 11.1 Å². The van der Waals surface area contributed by atoms with Gasteiger partial charge in [0.2, 0.25) is 0 Å². The van der Waals surface area contributed by atoms with E-state index in [2.05, 4.69) is 30.5 Å². The Morgan fingerprint density at radius 2 is 2.13 bits per heavy atom. The van der Waals surface area contributed by atoms with Gasteiger partial charge in [0.1, 0.15) is 0 Å². The van der Waals surface area contributed by atoms with Gasteiger partial charge in [0.05, 0.1) is 0 Å². The zero-order valence-electron chi connectivity index (χ0n) is 9.42. The summed E-state index contributed by atoms with van der Waals surface area (Å²) in [5.74, 6) is 0. The van der Waals surface area contributed by atoms with E-state index >= 15 is 0 Å². The van der Waals surface area contributed by atoms with Crippen molar-refractivity contribution in [3.63, 3.8) is 0 Å². The van der Waals surface area contributed by atoms with E-state index < -0.39 is 0 Å². The molecule has 2 aliphatic rings. The van der Waals surface area contributed by atoms with E-state index in [1.165, 1.54) is 5.57 Å². The maximum atomic E-state index is 5.55. The lowest BCUT2D eigenvalue weighted by Gasteiger charge is -2.30. The van der Waals surface area contributed by atoms with Crippen LogP contribution in [0.25, 0.3) is 0 Å². The molecule has 0 aromatic heterocycles. The lowest BCUT2D eigenvalue weighted by molar-refractivity contribution is 0.604. The van der Waals surface area contributed by atoms with Crippen molar-refractivity contribution in [3.8, 4) is 0 Å². The monoisotopic (exact) mass is 204 g/mol. The second-order valence-corrected chi connectivity index (χ2v) is 4.34. The first kappa shape index (κ1) is 10.7. The van der Waals surface area contributed by atoms with Crippen molar-refractivity contribution in [1.82, 2.24) is 5.32 Å². The molecule has 2 rings (SSSR count). The zero-order chi connectivity index (χ0) is 10.7. The molecular formula is C13H20N2. The van der Waals surface area contributed by atoms with Crippen molar-refractivity contribution in [2.45, 2.75) is 32.2 Å². The molecular weight excluding hydrogens is 184 g/mol. The lowest BCUT2D eigenvalue weighted by Crippen LogP contribution is -2.37. The first-order valence-corrected chi connectivity index (χ1v) is 5.79. The molecule has 15 heavy (non-hydrogen) atoms. The second kappa shape index (κ2) is 4.77. The number of hydrogen-bond acceptors (Lipinski definition) is 2. The highest BCUT2D eigenvalue weighted by atomic mass is 14.9. The molecule has 0 bridgehead atoms. The van der Waals surface area contributed by atoms with Crippen molar-refractivity contribution in [1.29, 1.82) is 0 Å². The quantitative estimate of drug-likeness (QED) is 0.689. The maximum absolute atomic E-state index is 5.55. The summed E-state index contributed by atoms with van der Waals surface area (Å²) in [6, 6.07) is 0.447. The first-order valence-electron chi connectivity index (χ1n) is 5.79. The highest BCUT2D eigenvalue weighted by molar-refractivity contribution is 5.39. The molecule has 0 saturated heterocycles. The SMILES string of the molecule is CC1=CCC2=C(CC=CC2)C1NCCN. The Balaban J connectivity index is 2.13. The molecule has 0 heterocycles. The van der Waals surface area contributed by atoms with E-state index in [-0.39, 0.29) is 0 Å². The van der Waals surface area contributed by atoms with Gasteiger partial charge in [0, 0.05) is 19.1 Å². The lowest BCUT2D eigenvalue weighted by atomic mass is 9.82. The largest absolute Gasteiger partial charge is 0.329 e. The fourth-order valence-electron chi connectivity index (χ4n) is 2.44. The Kier molecular flexibility index (Phi) is 3.39. The number of nitrogens with two attached hydrogens (primary N) is 1. The Labute approximate surface area is 91.9 Å². The predicted molar refractivity (Wildman–Crippen MR) is 64.6 cm³/mol. The van der Waals surface area contributed by atoms with E-state index in [0.29, 0.717) is 12.6 Å². The van der Waals surface area contributed by atoms with Gasteiger partial charge in [-0.3, -0.25) is 0 Å². The number of nitrogens with one attached hydrogen (secondary N) is 1. The van der Waals surface area contributed by atoms with Crippen LogP contribution in [0.2, 0.25) is 0 Å². The molecule has 82 valence electrons. The molecule has 0 saturated carbocycles. The average Bonchev–Trinajstić information content (AvgIpc) is 2.28. The minimum atomic E-state index is 0.447. The fraction of sp³-hybridized carbons (Fsp3) is 0.538. The summed E-state index contributed by atoms with van der Waals surface area (Å²) in [6.45, 7) is 3.83. The molecule has 0 radical (unpaired) electrons. The third-order valence-electron chi connectivity index (χ3n) is 3.29. The molecule has 2 aliphatic carbocycles. The Hall–Kier alpha value is -0.860. The van der Waals surface area contributed by atoms with Gasteiger partial charge in [-0.25, -0.2) is 0 Å². The number of rotatable bonds is 3. The van der Waals surface area contributed by atoms with Gasteiger partial charge in [-0.2, -0.15) is 0 Å². The third kappa shape index (κ3) is 2.21. The Bertz CT molecular complexity index is 323. The van der Waals surface area contributed by atoms with Gasteiger partial charge >= 0.3 is 0 Å². The van der Waals surface area contributed by atoms with Crippen LogP contribution in [0.15, 0.2) is 34.9 Å². The second-order valence-electron chi connectivity index (χ2n) is 4.34. The minimum Gasteiger partial charge on any atom is -0.329 e. The van der Waals surface area contributed by atoms with Crippen molar-refractivity contribution in [2.24, 2.45) is 5.73 Å². The molecule has 1 unspecified atom stereocenters. The van der Waals surface area contributed by atoms with E-state index in [0.717, 1.165) is 25.8 Å². The van der Waals surface area contributed by atoms with Crippen LogP contribution in [0, 0.1) is 0 Å². The fourth-order valence-corrected chi connectivity index (χ4v) is 2.44. The summed E-state index contributed by atoms with van der Waals surface area (Å²) in [6.07, 6.45) is 10.3. The molecule has 0 aromatic rings. The first-order chi connectivity index (χ1) is 7.33. The summed E-state index contributed by atoms with van der Waals surface area (Å²) < 4.78 is 0. The summed E-state index contributed by atoms with van der Waals surface area (Å²) in [5, 5.41) is 3.54. The molecule has 2 nitrogen and oxygen atoms in total. The summed E-state index contributed by atoms with van der Waals surface area (Å²) in [4.78, 5) is 0. The highest BCUT2D eigenvalue weighted by Gasteiger charge is 2.22. The van der Waals surface area contributed by atoms with Gasteiger partial charge in [-0.15, -0.1) is 0 Å². The van der Waals surface area contributed by atoms with Crippen LogP contribution in [0.1, 0.15) is 26.2 Å².